The number of anilines is 2. The van der Waals surface area contributed by atoms with Gasteiger partial charge in [-0.15, -0.1) is 0 Å². The molecule has 0 bridgehead atoms. The van der Waals surface area contributed by atoms with Crippen LogP contribution in [0.2, 0.25) is 0 Å². The molecule has 24 heavy (non-hydrogen) atoms. The third-order valence-electron chi connectivity index (χ3n) is 4.47. The first-order valence-electron chi connectivity index (χ1n) is 8.32. The van der Waals surface area contributed by atoms with Crippen LogP contribution in [0.15, 0.2) is 42.6 Å². The van der Waals surface area contributed by atoms with Gasteiger partial charge in [-0.05, 0) is 55.2 Å². The van der Waals surface area contributed by atoms with Gasteiger partial charge in [0.25, 0.3) is 5.91 Å². The molecule has 0 saturated carbocycles. The van der Waals surface area contributed by atoms with Gasteiger partial charge in [-0.1, -0.05) is 6.92 Å². The Balaban J connectivity index is 1.62. The van der Waals surface area contributed by atoms with Crippen LogP contribution in [-0.2, 0) is 0 Å². The third-order valence-corrected chi connectivity index (χ3v) is 4.47. The lowest BCUT2D eigenvalue weighted by atomic mass is 9.99. The third kappa shape index (κ3) is 3.85. The van der Waals surface area contributed by atoms with Gasteiger partial charge in [-0.3, -0.25) is 4.79 Å². The normalized spacial score (nSPS) is 15.2. The van der Waals surface area contributed by atoms with Crippen molar-refractivity contribution in [2.24, 2.45) is 5.92 Å². The number of ether oxygens (including phenoxy) is 1. The number of nitrogens with zero attached hydrogens (tertiary/aromatic N) is 2. The number of benzene rings is 1. The van der Waals surface area contributed by atoms with Gasteiger partial charge in [0.05, 0.1) is 19.0 Å². The Morgan fingerprint density at radius 3 is 2.46 bits per heavy atom. The summed E-state index contributed by atoms with van der Waals surface area (Å²) < 4.78 is 5.10. The number of carbonyl (C=O) groups excluding carboxylic acids is 1. The highest BCUT2D eigenvalue weighted by Crippen LogP contribution is 2.22. The molecule has 5 nitrogen and oxygen atoms in total. The molecule has 0 unspecified atom stereocenters. The number of carbonyl (C=O) groups is 1. The van der Waals surface area contributed by atoms with Gasteiger partial charge in [-0.2, -0.15) is 0 Å². The van der Waals surface area contributed by atoms with Gasteiger partial charge in [-0.25, -0.2) is 4.98 Å². The van der Waals surface area contributed by atoms with E-state index in [-0.39, 0.29) is 5.91 Å². The Hall–Kier alpha value is -2.56. The number of methoxy groups -OCH3 is 1. The maximum Gasteiger partial charge on any atom is 0.255 e. The highest BCUT2D eigenvalue weighted by molar-refractivity contribution is 6.04. The summed E-state index contributed by atoms with van der Waals surface area (Å²) in [5.74, 6) is 2.35. The number of piperidine rings is 1. The molecule has 5 heteroatoms. The highest BCUT2D eigenvalue weighted by Gasteiger charge is 2.16. The second-order valence-electron chi connectivity index (χ2n) is 6.26. The molecular formula is C19H23N3O2. The number of rotatable bonds is 4. The molecule has 126 valence electrons. The zero-order valence-electron chi connectivity index (χ0n) is 14.2. The molecule has 0 aliphatic carbocycles. The molecule has 0 radical (unpaired) electrons. The molecule has 0 spiro atoms. The minimum Gasteiger partial charge on any atom is -0.497 e. The fourth-order valence-corrected chi connectivity index (χ4v) is 2.83. The van der Waals surface area contributed by atoms with E-state index in [9.17, 15) is 4.79 Å². The molecule has 1 amide bonds. The van der Waals surface area contributed by atoms with Crippen LogP contribution in [0.1, 0.15) is 30.1 Å². The summed E-state index contributed by atoms with van der Waals surface area (Å²) in [5.41, 5.74) is 1.29. The summed E-state index contributed by atoms with van der Waals surface area (Å²) in [7, 11) is 1.60. The van der Waals surface area contributed by atoms with E-state index in [1.165, 1.54) is 12.8 Å². The quantitative estimate of drug-likeness (QED) is 0.933. The van der Waals surface area contributed by atoms with Gasteiger partial charge >= 0.3 is 0 Å². The van der Waals surface area contributed by atoms with Crippen molar-refractivity contribution < 1.29 is 9.53 Å². The molecule has 2 aromatic rings. The Bertz CT molecular complexity index is 675. The largest absolute Gasteiger partial charge is 0.497 e. The van der Waals surface area contributed by atoms with E-state index < -0.39 is 0 Å². The SMILES string of the molecule is COc1ccc(C(=O)Nc2ccc(N3CCC(C)CC3)nc2)cc1. The number of nitrogens with one attached hydrogen (secondary N) is 1. The molecule has 1 aromatic carbocycles. The van der Waals surface area contributed by atoms with E-state index in [4.69, 9.17) is 4.74 Å². The first-order chi connectivity index (χ1) is 11.7. The van der Waals surface area contributed by atoms with Crippen LogP contribution in [0.5, 0.6) is 5.75 Å². The van der Waals surface area contributed by atoms with Gasteiger partial charge in [0.2, 0.25) is 0 Å². The lowest BCUT2D eigenvalue weighted by molar-refractivity contribution is 0.102. The van der Waals surface area contributed by atoms with Crippen molar-refractivity contribution in [3.63, 3.8) is 0 Å². The molecule has 1 aliphatic heterocycles. The van der Waals surface area contributed by atoms with Crippen LogP contribution in [-0.4, -0.2) is 31.1 Å². The maximum atomic E-state index is 12.2. The predicted octanol–water partition coefficient (Wildman–Crippen LogP) is 3.58. The van der Waals surface area contributed by atoms with Crippen molar-refractivity contribution in [2.75, 3.05) is 30.4 Å². The molecule has 0 atom stereocenters. The molecule has 1 aliphatic rings. The topological polar surface area (TPSA) is 54.5 Å². The van der Waals surface area contributed by atoms with Crippen molar-refractivity contribution in [3.8, 4) is 5.75 Å². The summed E-state index contributed by atoms with van der Waals surface area (Å²) in [6, 6.07) is 10.9. The Morgan fingerprint density at radius 1 is 1.17 bits per heavy atom. The van der Waals surface area contributed by atoms with Crippen molar-refractivity contribution in [2.45, 2.75) is 19.8 Å². The number of pyridine rings is 1. The Labute approximate surface area is 142 Å². The minimum absolute atomic E-state index is 0.154. The van der Waals surface area contributed by atoms with E-state index in [0.717, 1.165) is 30.6 Å². The van der Waals surface area contributed by atoms with E-state index in [2.05, 4.69) is 22.1 Å². The molecule has 1 aromatic heterocycles. The monoisotopic (exact) mass is 325 g/mol. The van der Waals surface area contributed by atoms with Crippen LogP contribution < -0.4 is 15.0 Å². The zero-order chi connectivity index (χ0) is 16.9. The standard InChI is InChI=1S/C19H23N3O2/c1-14-9-11-22(12-10-14)18-8-5-16(13-20-18)21-19(23)15-3-6-17(24-2)7-4-15/h3-8,13-14H,9-12H2,1-2H3,(H,21,23). The predicted molar refractivity (Wildman–Crippen MR) is 95.8 cm³/mol. The average molecular weight is 325 g/mol. The summed E-state index contributed by atoms with van der Waals surface area (Å²) in [6.45, 7) is 4.39. The average Bonchev–Trinajstić information content (AvgIpc) is 2.63. The van der Waals surface area contributed by atoms with Crippen LogP contribution in [0.25, 0.3) is 0 Å². The molecule has 1 saturated heterocycles. The molecule has 2 heterocycles. The summed E-state index contributed by atoms with van der Waals surface area (Å²) in [5, 5.41) is 2.87. The van der Waals surface area contributed by atoms with Gasteiger partial charge in [0.1, 0.15) is 11.6 Å². The fourth-order valence-electron chi connectivity index (χ4n) is 2.83. The number of hydrogen-bond donors (Lipinski definition) is 1. The fraction of sp³-hybridized carbons (Fsp3) is 0.368. The zero-order valence-corrected chi connectivity index (χ0v) is 14.2. The number of hydrogen-bond acceptors (Lipinski definition) is 4. The van der Waals surface area contributed by atoms with E-state index in [1.54, 1.807) is 37.6 Å². The lowest BCUT2D eigenvalue weighted by Gasteiger charge is -2.31. The molecule has 3 rings (SSSR count). The van der Waals surface area contributed by atoms with Crippen LogP contribution in [0.4, 0.5) is 11.5 Å². The van der Waals surface area contributed by atoms with Crippen LogP contribution >= 0.6 is 0 Å². The molecule has 1 N–H and O–H groups in total. The lowest BCUT2D eigenvalue weighted by Crippen LogP contribution is -2.33. The summed E-state index contributed by atoms with van der Waals surface area (Å²) in [6.07, 6.45) is 4.13. The number of amides is 1. The summed E-state index contributed by atoms with van der Waals surface area (Å²) in [4.78, 5) is 19.0. The van der Waals surface area contributed by atoms with Crippen molar-refractivity contribution in [3.05, 3.63) is 48.2 Å². The van der Waals surface area contributed by atoms with Crippen molar-refractivity contribution >= 4 is 17.4 Å². The van der Waals surface area contributed by atoms with E-state index >= 15 is 0 Å². The molecular weight excluding hydrogens is 302 g/mol. The maximum absolute atomic E-state index is 12.2. The molecule has 1 fully saturated rings. The first-order valence-corrected chi connectivity index (χ1v) is 8.32. The van der Waals surface area contributed by atoms with Crippen LogP contribution in [0.3, 0.4) is 0 Å². The smallest absolute Gasteiger partial charge is 0.255 e. The highest BCUT2D eigenvalue weighted by atomic mass is 16.5. The van der Waals surface area contributed by atoms with Crippen LogP contribution in [0, 0.1) is 5.92 Å². The second-order valence-corrected chi connectivity index (χ2v) is 6.26. The van der Waals surface area contributed by atoms with Gasteiger partial charge in [0, 0.05) is 18.7 Å². The van der Waals surface area contributed by atoms with E-state index in [1.807, 2.05) is 12.1 Å². The van der Waals surface area contributed by atoms with E-state index in [0.29, 0.717) is 11.3 Å². The summed E-state index contributed by atoms with van der Waals surface area (Å²) >= 11 is 0. The minimum atomic E-state index is -0.154. The number of aromatic nitrogens is 1. The first kappa shape index (κ1) is 16.3. The Kier molecular flexibility index (Phi) is 4.99. The Morgan fingerprint density at radius 2 is 1.88 bits per heavy atom. The second kappa shape index (κ2) is 7.34. The van der Waals surface area contributed by atoms with Crippen molar-refractivity contribution in [1.29, 1.82) is 0 Å². The van der Waals surface area contributed by atoms with Gasteiger partial charge < -0.3 is 15.0 Å². The van der Waals surface area contributed by atoms with Gasteiger partial charge in [0.15, 0.2) is 0 Å². The van der Waals surface area contributed by atoms with Crippen molar-refractivity contribution in [1.82, 2.24) is 4.98 Å².